The zero-order chi connectivity index (χ0) is 20.7. The van der Waals surface area contributed by atoms with E-state index in [1.165, 1.54) is 10.5 Å². The minimum atomic E-state index is -0.630. The number of likely N-dealkylation sites (N-methyl/N-ethyl adjacent to an activating group) is 1. The fourth-order valence-electron chi connectivity index (χ4n) is 2.68. The number of amides is 2. The molecule has 2 aromatic carbocycles. The maximum atomic E-state index is 12.9. The van der Waals surface area contributed by atoms with Crippen LogP contribution in [-0.4, -0.2) is 35.6 Å². The van der Waals surface area contributed by atoms with Crippen LogP contribution in [0.4, 0.5) is 0 Å². The Hall–Kier alpha value is -1.69. The maximum Gasteiger partial charge on any atom is 0.242 e. The largest absolute Gasteiger partial charge is 0.357 e. The Labute approximate surface area is 180 Å². The van der Waals surface area contributed by atoms with E-state index in [-0.39, 0.29) is 18.4 Å². The van der Waals surface area contributed by atoms with E-state index in [1.54, 1.807) is 43.9 Å². The van der Waals surface area contributed by atoms with Crippen molar-refractivity contribution in [1.82, 2.24) is 10.2 Å². The number of hydrogen-bond acceptors (Lipinski definition) is 3. The fourth-order valence-corrected chi connectivity index (χ4v) is 4.04. The van der Waals surface area contributed by atoms with Gasteiger partial charge in [-0.15, -0.1) is 11.8 Å². The highest BCUT2D eigenvalue weighted by Gasteiger charge is 2.26. The second-order valence-electron chi connectivity index (χ2n) is 6.42. The Balaban J connectivity index is 2.10. The zero-order valence-corrected chi connectivity index (χ0v) is 18.5. The molecule has 1 atom stereocenters. The monoisotopic (exact) mass is 438 g/mol. The molecule has 0 spiro atoms. The topological polar surface area (TPSA) is 49.4 Å². The van der Waals surface area contributed by atoms with Crippen LogP contribution in [0.1, 0.15) is 24.5 Å². The molecule has 150 valence electrons. The molecule has 2 rings (SSSR count). The molecule has 0 heterocycles. The van der Waals surface area contributed by atoms with Crippen LogP contribution in [0.2, 0.25) is 10.0 Å². The molecule has 0 aliphatic carbocycles. The lowest BCUT2D eigenvalue weighted by atomic mass is 10.1. The number of aryl methyl sites for hydroxylation is 1. The Morgan fingerprint density at radius 2 is 1.71 bits per heavy atom. The van der Waals surface area contributed by atoms with Crippen molar-refractivity contribution in [3.63, 3.8) is 0 Å². The van der Waals surface area contributed by atoms with Gasteiger partial charge < -0.3 is 10.2 Å². The third-order valence-corrected chi connectivity index (χ3v) is 6.13. The lowest BCUT2D eigenvalue weighted by Gasteiger charge is -2.29. The number of thioether (sulfide) groups is 1. The smallest absolute Gasteiger partial charge is 0.242 e. The van der Waals surface area contributed by atoms with Gasteiger partial charge in [0.2, 0.25) is 11.8 Å². The highest BCUT2D eigenvalue weighted by molar-refractivity contribution is 7.99. The van der Waals surface area contributed by atoms with Gasteiger partial charge >= 0.3 is 0 Å². The predicted molar refractivity (Wildman–Crippen MR) is 117 cm³/mol. The second kappa shape index (κ2) is 10.7. The van der Waals surface area contributed by atoms with Crippen molar-refractivity contribution in [2.75, 3.05) is 12.8 Å². The van der Waals surface area contributed by atoms with Crippen molar-refractivity contribution in [1.29, 1.82) is 0 Å². The summed E-state index contributed by atoms with van der Waals surface area (Å²) in [5, 5.41) is 3.55. The molecule has 0 aliphatic rings. The third kappa shape index (κ3) is 6.16. The molecule has 28 heavy (non-hydrogen) atoms. The summed E-state index contributed by atoms with van der Waals surface area (Å²) >= 11 is 14.1. The third-order valence-electron chi connectivity index (χ3n) is 4.41. The average molecular weight is 439 g/mol. The van der Waals surface area contributed by atoms with Crippen molar-refractivity contribution < 1.29 is 9.59 Å². The van der Waals surface area contributed by atoms with Gasteiger partial charge in [-0.25, -0.2) is 0 Å². The van der Waals surface area contributed by atoms with Gasteiger partial charge in [0.1, 0.15) is 6.04 Å². The Morgan fingerprint density at radius 3 is 2.29 bits per heavy atom. The lowest BCUT2D eigenvalue weighted by molar-refractivity contribution is -0.140. The van der Waals surface area contributed by atoms with E-state index in [1.807, 2.05) is 31.2 Å². The van der Waals surface area contributed by atoms with Crippen LogP contribution in [0, 0.1) is 6.92 Å². The van der Waals surface area contributed by atoms with Gasteiger partial charge in [0.15, 0.2) is 0 Å². The molecule has 7 heteroatoms. The van der Waals surface area contributed by atoms with Crippen molar-refractivity contribution in [2.24, 2.45) is 0 Å². The molecule has 0 aliphatic heterocycles. The highest BCUT2D eigenvalue weighted by atomic mass is 35.5. The minimum absolute atomic E-state index is 0.119. The van der Waals surface area contributed by atoms with E-state index in [2.05, 4.69) is 5.32 Å². The summed E-state index contributed by atoms with van der Waals surface area (Å²) in [5.74, 6) is 0.268. The van der Waals surface area contributed by atoms with E-state index < -0.39 is 6.04 Å². The summed E-state index contributed by atoms with van der Waals surface area (Å²) in [7, 11) is 1.55. The van der Waals surface area contributed by atoms with Crippen molar-refractivity contribution in [2.45, 2.75) is 37.8 Å². The summed E-state index contributed by atoms with van der Waals surface area (Å²) < 4.78 is 0. The number of hydrogen-bond donors (Lipinski definition) is 1. The first-order valence-corrected chi connectivity index (χ1v) is 10.7. The van der Waals surface area contributed by atoms with Gasteiger partial charge in [0, 0.05) is 46.3 Å². The molecule has 0 aromatic heterocycles. The molecule has 4 nitrogen and oxygen atoms in total. The van der Waals surface area contributed by atoms with Crippen LogP contribution in [0.25, 0.3) is 0 Å². The minimum Gasteiger partial charge on any atom is -0.357 e. The molecule has 2 aromatic rings. The molecule has 2 amide bonds. The van der Waals surface area contributed by atoms with Gasteiger partial charge in [0.05, 0.1) is 0 Å². The Kier molecular flexibility index (Phi) is 8.67. The van der Waals surface area contributed by atoms with Gasteiger partial charge in [-0.3, -0.25) is 9.59 Å². The Bertz CT molecular complexity index is 807. The zero-order valence-electron chi connectivity index (χ0n) is 16.2. The van der Waals surface area contributed by atoms with E-state index in [0.29, 0.717) is 27.8 Å². The molecule has 1 unspecified atom stereocenters. The van der Waals surface area contributed by atoms with Crippen molar-refractivity contribution in [3.8, 4) is 0 Å². The average Bonchev–Trinajstić information content (AvgIpc) is 2.68. The standard InChI is InChI=1S/C21H24Cl2N2O2S/c1-14-7-9-16(10-8-14)28-12-11-20(26)25(15(2)21(27)24-3)13-17-18(22)5-4-6-19(17)23/h4-10,15H,11-13H2,1-3H3,(H,24,27). The van der Waals surface area contributed by atoms with E-state index >= 15 is 0 Å². The summed E-state index contributed by atoms with van der Waals surface area (Å²) in [6, 6.07) is 12.7. The first-order valence-electron chi connectivity index (χ1n) is 8.97. The van der Waals surface area contributed by atoms with Crippen molar-refractivity contribution >= 4 is 46.8 Å². The normalized spacial score (nSPS) is 11.8. The second-order valence-corrected chi connectivity index (χ2v) is 8.41. The number of nitrogens with zero attached hydrogens (tertiary/aromatic N) is 1. The van der Waals surface area contributed by atoms with Gasteiger partial charge in [-0.2, -0.15) is 0 Å². The van der Waals surface area contributed by atoms with Crippen LogP contribution in [0.5, 0.6) is 0 Å². The first kappa shape index (κ1) is 22.6. The SMILES string of the molecule is CNC(=O)C(C)N(Cc1c(Cl)cccc1Cl)C(=O)CCSc1ccc(C)cc1. The summed E-state index contributed by atoms with van der Waals surface area (Å²) in [6.45, 7) is 3.92. The number of halogens is 2. The summed E-state index contributed by atoms with van der Waals surface area (Å²) in [6.07, 6.45) is 0.307. The number of nitrogens with one attached hydrogen (secondary N) is 1. The maximum absolute atomic E-state index is 12.9. The Morgan fingerprint density at radius 1 is 1.11 bits per heavy atom. The first-order chi connectivity index (χ1) is 13.3. The van der Waals surface area contributed by atoms with Crippen molar-refractivity contribution in [3.05, 3.63) is 63.6 Å². The lowest BCUT2D eigenvalue weighted by Crippen LogP contribution is -2.46. The van der Waals surface area contributed by atoms with E-state index in [0.717, 1.165) is 4.90 Å². The molecule has 0 bridgehead atoms. The van der Waals surface area contributed by atoms with E-state index in [4.69, 9.17) is 23.2 Å². The molecular formula is C21H24Cl2N2O2S. The highest BCUT2D eigenvalue weighted by Crippen LogP contribution is 2.27. The van der Waals surface area contributed by atoms with Gasteiger partial charge in [-0.05, 0) is 38.1 Å². The number of rotatable bonds is 8. The number of carbonyl (C=O) groups excluding carboxylic acids is 2. The van der Waals surface area contributed by atoms with Crippen LogP contribution >= 0.6 is 35.0 Å². The molecule has 1 N–H and O–H groups in total. The number of carbonyl (C=O) groups is 2. The molecular weight excluding hydrogens is 415 g/mol. The predicted octanol–water partition coefficient (Wildman–Crippen LogP) is 4.95. The van der Waals surface area contributed by atoms with Crippen LogP contribution < -0.4 is 5.32 Å². The van der Waals surface area contributed by atoms with E-state index in [9.17, 15) is 9.59 Å². The quantitative estimate of drug-likeness (QED) is 0.593. The molecule has 0 saturated heterocycles. The van der Waals surface area contributed by atoms with Crippen LogP contribution in [-0.2, 0) is 16.1 Å². The summed E-state index contributed by atoms with van der Waals surface area (Å²) in [4.78, 5) is 27.7. The summed E-state index contributed by atoms with van der Waals surface area (Å²) in [5.41, 5.74) is 1.84. The molecule has 0 radical (unpaired) electrons. The molecule has 0 saturated carbocycles. The van der Waals surface area contributed by atoms with Crippen LogP contribution in [0.3, 0.4) is 0 Å². The number of benzene rings is 2. The molecule has 0 fully saturated rings. The van der Waals surface area contributed by atoms with Gasteiger partial charge in [-0.1, -0.05) is 47.0 Å². The van der Waals surface area contributed by atoms with Crippen LogP contribution in [0.15, 0.2) is 47.4 Å². The fraction of sp³-hybridized carbons (Fsp3) is 0.333. The van der Waals surface area contributed by atoms with Gasteiger partial charge in [0.25, 0.3) is 0 Å².